The molecule has 1 aliphatic rings. The number of aromatic nitrogens is 1. The number of anilines is 1. The third-order valence-corrected chi connectivity index (χ3v) is 3.51. The summed E-state index contributed by atoms with van der Waals surface area (Å²) in [6.07, 6.45) is 0.939. The van der Waals surface area contributed by atoms with Gasteiger partial charge in [-0.1, -0.05) is 36.4 Å². The maximum atomic E-state index is 12.9. The lowest BCUT2D eigenvalue weighted by Crippen LogP contribution is -2.16. The van der Waals surface area contributed by atoms with E-state index in [1.165, 1.54) is 12.3 Å². The minimum Gasteiger partial charge on any atom is -0.369 e. The molecular weight excluding hydrogens is 277 g/mol. The molecule has 1 aromatic carbocycles. The van der Waals surface area contributed by atoms with Crippen LogP contribution in [0.1, 0.15) is 22.6 Å². The Balaban J connectivity index is 1.77. The van der Waals surface area contributed by atoms with Gasteiger partial charge in [0, 0.05) is 18.7 Å². The van der Waals surface area contributed by atoms with Gasteiger partial charge in [-0.05, 0) is 23.3 Å². The first-order chi connectivity index (χ1) is 10.1. The quantitative estimate of drug-likeness (QED) is 0.910. The van der Waals surface area contributed by atoms with Crippen LogP contribution in [0.5, 0.6) is 0 Å². The van der Waals surface area contributed by atoms with E-state index < -0.39 is 11.7 Å². The van der Waals surface area contributed by atoms with E-state index in [1.54, 1.807) is 0 Å². The van der Waals surface area contributed by atoms with Crippen molar-refractivity contribution in [1.82, 2.24) is 4.98 Å². The molecule has 1 N–H and O–H groups in total. The normalized spacial score (nSPS) is 16.8. The molecule has 1 aliphatic carbocycles. The van der Waals surface area contributed by atoms with Crippen LogP contribution in [0, 0.1) is 0 Å². The monoisotopic (exact) mass is 290 g/mol. The average Bonchev–Trinajstić information content (AvgIpc) is 2.88. The number of nitrogens with zero attached hydrogens (tertiary/aromatic N) is 1. The van der Waals surface area contributed by atoms with Crippen molar-refractivity contribution in [3.05, 3.63) is 65.4 Å². The molecule has 2 aromatic rings. The number of nitrogens with one attached hydrogen (secondary N) is 1. The van der Waals surface area contributed by atoms with E-state index in [1.807, 2.05) is 36.4 Å². The fourth-order valence-electron chi connectivity index (χ4n) is 2.48. The van der Waals surface area contributed by atoms with Crippen molar-refractivity contribution in [2.75, 3.05) is 11.9 Å². The number of rotatable bonds is 3. The average molecular weight is 290 g/mol. The highest BCUT2D eigenvalue weighted by Crippen LogP contribution is 2.34. The molecule has 3 rings (SSSR count). The van der Waals surface area contributed by atoms with Crippen LogP contribution in [0.3, 0.4) is 0 Å². The summed E-state index contributed by atoms with van der Waals surface area (Å²) in [6, 6.07) is 10.2. The first-order valence-electron chi connectivity index (χ1n) is 6.59. The SMILES string of the molecule is FC(F)(F)c1cccnc1NC[C@H]1C=Cc2ccccc21. The lowest BCUT2D eigenvalue weighted by molar-refractivity contribution is -0.137. The number of benzene rings is 1. The van der Waals surface area contributed by atoms with Gasteiger partial charge in [0.25, 0.3) is 0 Å². The molecule has 0 radical (unpaired) electrons. The second-order valence-corrected chi connectivity index (χ2v) is 4.87. The topological polar surface area (TPSA) is 24.9 Å². The Morgan fingerprint density at radius 3 is 2.71 bits per heavy atom. The van der Waals surface area contributed by atoms with E-state index in [4.69, 9.17) is 0 Å². The molecule has 0 amide bonds. The zero-order valence-electron chi connectivity index (χ0n) is 11.1. The standard InChI is InChI=1S/C16H13F3N2/c17-16(18,19)14-6-3-9-20-15(14)21-10-12-8-7-11-4-1-2-5-13(11)12/h1-9,12H,10H2,(H,20,21)/t12-/m1/s1. The molecule has 108 valence electrons. The molecular formula is C16H13F3N2. The zero-order valence-corrected chi connectivity index (χ0v) is 11.1. The van der Waals surface area contributed by atoms with Gasteiger partial charge in [-0.15, -0.1) is 0 Å². The Bertz CT molecular complexity index is 677. The molecule has 0 saturated carbocycles. The molecule has 1 heterocycles. The van der Waals surface area contributed by atoms with Gasteiger partial charge < -0.3 is 5.32 Å². The van der Waals surface area contributed by atoms with Crippen LogP contribution in [-0.2, 0) is 6.18 Å². The summed E-state index contributed by atoms with van der Waals surface area (Å²) < 4.78 is 38.7. The highest BCUT2D eigenvalue weighted by molar-refractivity contribution is 5.63. The number of alkyl halides is 3. The van der Waals surface area contributed by atoms with Gasteiger partial charge in [-0.25, -0.2) is 4.98 Å². The number of halogens is 3. The van der Waals surface area contributed by atoms with Gasteiger partial charge >= 0.3 is 6.18 Å². The molecule has 0 bridgehead atoms. The third kappa shape index (κ3) is 2.77. The lowest BCUT2D eigenvalue weighted by atomic mass is 10.0. The Kier molecular flexibility index (Phi) is 3.41. The first-order valence-corrected chi connectivity index (χ1v) is 6.59. The maximum Gasteiger partial charge on any atom is 0.419 e. The molecule has 1 aromatic heterocycles. The van der Waals surface area contributed by atoms with Crippen molar-refractivity contribution >= 4 is 11.9 Å². The van der Waals surface area contributed by atoms with Crippen LogP contribution in [0.15, 0.2) is 48.7 Å². The molecule has 0 spiro atoms. The molecule has 0 aliphatic heterocycles. The van der Waals surface area contributed by atoms with E-state index >= 15 is 0 Å². The van der Waals surface area contributed by atoms with Crippen molar-refractivity contribution in [2.24, 2.45) is 0 Å². The molecule has 21 heavy (non-hydrogen) atoms. The third-order valence-electron chi connectivity index (χ3n) is 3.51. The number of pyridine rings is 1. The fraction of sp³-hybridized carbons (Fsp3) is 0.188. The van der Waals surface area contributed by atoms with Gasteiger partial charge in [0.1, 0.15) is 5.82 Å². The first kappa shape index (κ1) is 13.7. The number of fused-ring (bicyclic) bond motifs is 1. The lowest BCUT2D eigenvalue weighted by Gasteiger charge is -2.16. The van der Waals surface area contributed by atoms with Gasteiger partial charge in [-0.3, -0.25) is 0 Å². The Hall–Kier alpha value is -2.30. The van der Waals surface area contributed by atoms with Gasteiger partial charge in [0.05, 0.1) is 5.56 Å². The summed E-state index contributed by atoms with van der Waals surface area (Å²) in [7, 11) is 0. The van der Waals surface area contributed by atoms with Crippen LogP contribution in [0.2, 0.25) is 0 Å². The summed E-state index contributed by atoms with van der Waals surface area (Å²) in [5, 5.41) is 2.82. The van der Waals surface area contributed by atoms with E-state index in [9.17, 15) is 13.2 Å². The van der Waals surface area contributed by atoms with E-state index in [0.29, 0.717) is 6.54 Å². The predicted octanol–water partition coefficient (Wildman–Crippen LogP) is 4.32. The van der Waals surface area contributed by atoms with Crippen molar-refractivity contribution in [3.8, 4) is 0 Å². The summed E-state index contributed by atoms with van der Waals surface area (Å²) in [5.41, 5.74) is 1.50. The van der Waals surface area contributed by atoms with Crippen molar-refractivity contribution in [2.45, 2.75) is 12.1 Å². The van der Waals surface area contributed by atoms with E-state index in [-0.39, 0.29) is 11.7 Å². The number of hydrogen-bond donors (Lipinski definition) is 1. The predicted molar refractivity (Wildman–Crippen MR) is 75.9 cm³/mol. The summed E-state index contributed by atoms with van der Waals surface area (Å²) in [6.45, 7) is 0.383. The van der Waals surface area contributed by atoms with Gasteiger partial charge in [0.2, 0.25) is 0 Å². The van der Waals surface area contributed by atoms with Crippen molar-refractivity contribution in [1.29, 1.82) is 0 Å². The van der Waals surface area contributed by atoms with E-state index in [0.717, 1.165) is 17.2 Å². The maximum absolute atomic E-state index is 12.9. The second kappa shape index (κ2) is 5.24. The van der Waals surface area contributed by atoms with Crippen LogP contribution in [-0.4, -0.2) is 11.5 Å². The van der Waals surface area contributed by atoms with Crippen LogP contribution < -0.4 is 5.32 Å². The minimum atomic E-state index is -4.40. The molecule has 0 unspecified atom stereocenters. The molecule has 5 heteroatoms. The second-order valence-electron chi connectivity index (χ2n) is 4.87. The Labute approximate surface area is 120 Å². The van der Waals surface area contributed by atoms with Crippen LogP contribution in [0.4, 0.5) is 19.0 Å². The molecule has 0 saturated heterocycles. The van der Waals surface area contributed by atoms with Gasteiger partial charge in [-0.2, -0.15) is 13.2 Å². The van der Waals surface area contributed by atoms with E-state index in [2.05, 4.69) is 10.3 Å². The zero-order chi connectivity index (χ0) is 14.9. The highest BCUT2D eigenvalue weighted by Gasteiger charge is 2.34. The summed E-state index contributed by atoms with van der Waals surface area (Å²) in [5.74, 6) is -0.0629. The summed E-state index contributed by atoms with van der Waals surface area (Å²) in [4.78, 5) is 3.81. The van der Waals surface area contributed by atoms with Crippen LogP contribution >= 0.6 is 0 Å². The van der Waals surface area contributed by atoms with Crippen molar-refractivity contribution < 1.29 is 13.2 Å². The Morgan fingerprint density at radius 2 is 1.90 bits per heavy atom. The van der Waals surface area contributed by atoms with Crippen LogP contribution in [0.25, 0.3) is 6.08 Å². The number of hydrogen-bond acceptors (Lipinski definition) is 2. The van der Waals surface area contributed by atoms with Crippen molar-refractivity contribution in [3.63, 3.8) is 0 Å². The smallest absolute Gasteiger partial charge is 0.369 e. The fourth-order valence-corrected chi connectivity index (χ4v) is 2.48. The molecule has 2 nitrogen and oxygen atoms in total. The molecule has 1 atom stereocenters. The minimum absolute atomic E-state index is 0.0595. The largest absolute Gasteiger partial charge is 0.419 e. The Morgan fingerprint density at radius 1 is 1.10 bits per heavy atom. The summed E-state index contributed by atoms with van der Waals surface area (Å²) >= 11 is 0. The molecule has 0 fully saturated rings. The highest BCUT2D eigenvalue weighted by atomic mass is 19.4. The van der Waals surface area contributed by atoms with Gasteiger partial charge in [0.15, 0.2) is 0 Å².